The molecular weight excluding hydrogens is 491 g/mol. The third-order valence-electron chi connectivity index (χ3n) is 5.11. The summed E-state index contributed by atoms with van der Waals surface area (Å²) >= 11 is 12.1. The van der Waals surface area contributed by atoms with Crippen LogP contribution in [0.5, 0.6) is 5.75 Å². The molecule has 0 spiro atoms. The Morgan fingerprint density at radius 2 is 1.66 bits per heavy atom. The highest BCUT2D eigenvalue weighted by Crippen LogP contribution is 2.30. The molecule has 0 aliphatic rings. The number of rotatable bonds is 5. The number of nitrogens with one attached hydrogen (secondary N) is 3. The second kappa shape index (κ2) is 10.1. The number of amides is 3. The van der Waals surface area contributed by atoms with Crippen molar-refractivity contribution in [2.75, 3.05) is 23.2 Å². The van der Waals surface area contributed by atoms with Gasteiger partial charge in [-0.25, -0.2) is 4.68 Å². The number of para-hydroxylation sites is 1. The predicted octanol–water partition coefficient (Wildman–Crippen LogP) is 5.23. The molecule has 0 saturated heterocycles. The van der Waals surface area contributed by atoms with E-state index >= 15 is 0 Å². The van der Waals surface area contributed by atoms with E-state index in [2.05, 4.69) is 16.1 Å². The first-order valence-electron chi connectivity index (χ1n) is 10.4. The molecule has 0 fully saturated rings. The fourth-order valence-corrected chi connectivity index (χ4v) is 3.97. The van der Waals surface area contributed by atoms with E-state index in [0.717, 1.165) is 5.56 Å². The summed E-state index contributed by atoms with van der Waals surface area (Å²) in [6, 6.07) is 18.4. The van der Waals surface area contributed by atoms with E-state index < -0.39 is 17.7 Å². The van der Waals surface area contributed by atoms with Crippen LogP contribution in [0.2, 0.25) is 10.0 Å². The van der Waals surface area contributed by atoms with Crippen LogP contribution >= 0.6 is 23.2 Å². The lowest BCUT2D eigenvalue weighted by Gasteiger charge is -2.14. The van der Waals surface area contributed by atoms with E-state index in [1.807, 2.05) is 13.0 Å². The molecule has 0 aliphatic carbocycles. The summed E-state index contributed by atoms with van der Waals surface area (Å²) in [5.41, 5.74) is 4.67. The fraction of sp³-hybridized carbons (Fsp3) is 0.0800. The van der Waals surface area contributed by atoms with Crippen LogP contribution in [-0.4, -0.2) is 29.5 Å². The Morgan fingerprint density at radius 3 is 2.37 bits per heavy atom. The topological polar surface area (TPSA) is 101 Å². The van der Waals surface area contributed by atoms with Gasteiger partial charge in [0.15, 0.2) is 0 Å². The van der Waals surface area contributed by atoms with Crippen molar-refractivity contribution >= 4 is 63.2 Å². The first-order chi connectivity index (χ1) is 16.8. The van der Waals surface area contributed by atoms with Crippen molar-refractivity contribution in [1.29, 1.82) is 0 Å². The predicted molar refractivity (Wildman–Crippen MR) is 137 cm³/mol. The van der Waals surface area contributed by atoms with Gasteiger partial charge in [0.25, 0.3) is 5.91 Å². The van der Waals surface area contributed by atoms with Crippen LogP contribution < -0.4 is 20.8 Å². The van der Waals surface area contributed by atoms with Crippen molar-refractivity contribution < 1.29 is 19.1 Å². The van der Waals surface area contributed by atoms with Crippen LogP contribution in [0, 0.1) is 6.92 Å². The molecule has 0 bridgehead atoms. The second-order valence-electron chi connectivity index (χ2n) is 7.61. The van der Waals surface area contributed by atoms with Gasteiger partial charge in [0, 0.05) is 16.1 Å². The van der Waals surface area contributed by atoms with E-state index in [-0.39, 0.29) is 10.7 Å². The zero-order valence-electron chi connectivity index (χ0n) is 18.7. The average molecular weight is 511 g/mol. The van der Waals surface area contributed by atoms with Crippen LogP contribution in [0.1, 0.15) is 16.1 Å². The maximum Gasteiger partial charge on any atom is 0.328 e. The molecule has 3 N–H and O–H groups in total. The Morgan fingerprint density at radius 1 is 0.886 bits per heavy atom. The van der Waals surface area contributed by atoms with Crippen molar-refractivity contribution in [3.05, 3.63) is 88.0 Å². The van der Waals surface area contributed by atoms with Crippen molar-refractivity contribution in [1.82, 2.24) is 4.68 Å². The monoisotopic (exact) mass is 510 g/mol. The Labute approximate surface area is 210 Å². The number of hydrogen-bond donors (Lipinski definition) is 3. The Bertz CT molecular complexity index is 1470. The largest absolute Gasteiger partial charge is 0.494 e. The molecule has 3 aromatic carbocycles. The second-order valence-corrected chi connectivity index (χ2v) is 8.45. The molecule has 10 heteroatoms. The standard InChI is InChI=1S/C25H20Cl2N4O4/c1-14-5-3-7-17(11-14)28-24(33)25(34)30-31-20(12-15-6-4-8-21(35-2)22(15)31)23(32)29-19-10-9-16(26)13-18(19)27/h3-13H,1-2H3,(H,28,33)(H,29,32)(H,30,34). The summed E-state index contributed by atoms with van der Waals surface area (Å²) in [4.78, 5) is 38.6. The SMILES string of the molecule is COc1cccc2cc(C(=O)Nc3ccc(Cl)cc3Cl)n(NC(=O)C(=O)Nc3cccc(C)c3)c12. The van der Waals surface area contributed by atoms with E-state index in [0.29, 0.717) is 33.0 Å². The summed E-state index contributed by atoms with van der Waals surface area (Å²) in [6.07, 6.45) is 0. The molecule has 4 aromatic rings. The molecule has 4 rings (SSSR count). The van der Waals surface area contributed by atoms with E-state index in [1.54, 1.807) is 54.6 Å². The fourth-order valence-electron chi connectivity index (χ4n) is 3.52. The Hall–Kier alpha value is -4.01. The smallest absolute Gasteiger partial charge is 0.328 e. The number of anilines is 2. The third-order valence-corrected chi connectivity index (χ3v) is 5.66. The van der Waals surface area contributed by atoms with Crippen molar-refractivity contribution in [2.45, 2.75) is 6.92 Å². The maximum absolute atomic E-state index is 13.2. The van der Waals surface area contributed by atoms with Gasteiger partial charge in [0.05, 0.1) is 17.8 Å². The number of ether oxygens (including phenoxy) is 1. The summed E-state index contributed by atoms with van der Waals surface area (Å²) in [5, 5.41) is 6.51. The molecule has 3 amide bonds. The number of fused-ring (bicyclic) bond motifs is 1. The molecule has 35 heavy (non-hydrogen) atoms. The van der Waals surface area contributed by atoms with Gasteiger partial charge in [-0.2, -0.15) is 0 Å². The van der Waals surface area contributed by atoms with Crippen molar-refractivity contribution in [3.8, 4) is 5.75 Å². The molecule has 8 nitrogen and oxygen atoms in total. The lowest BCUT2D eigenvalue weighted by molar-refractivity contribution is -0.133. The lowest BCUT2D eigenvalue weighted by atomic mass is 10.2. The number of aromatic nitrogens is 1. The van der Waals surface area contributed by atoms with Crippen molar-refractivity contribution in [3.63, 3.8) is 0 Å². The molecule has 1 heterocycles. The van der Waals surface area contributed by atoms with Crippen LogP contribution in [0.4, 0.5) is 11.4 Å². The number of benzene rings is 3. The zero-order valence-corrected chi connectivity index (χ0v) is 20.2. The maximum atomic E-state index is 13.2. The van der Waals surface area contributed by atoms with Gasteiger partial charge in [0.1, 0.15) is 17.0 Å². The summed E-state index contributed by atoms with van der Waals surface area (Å²) < 4.78 is 6.64. The molecule has 0 saturated carbocycles. The van der Waals surface area contributed by atoms with Crippen LogP contribution in [0.25, 0.3) is 10.9 Å². The number of carbonyl (C=O) groups is 3. The molecular formula is C25H20Cl2N4O4. The number of methoxy groups -OCH3 is 1. The highest BCUT2D eigenvalue weighted by molar-refractivity contribution is 6.42. The van der Waals surface area contributed by atoms with Crippen molar-refractivity contribution in [2.24, 2.45) is 0 Å². The first-order valence-corrected chi connectivity index (χ1v) is 11.2. The van der Waals surface area contributed by atoms with Gasteiger partial charge in [0.2, 0.25) is 0 Å². The number of halogens is 2. The molecule has 0 unspecified atom stereocenters. The van der Waals surface area contributed by atoms with Crippen LogP contribution in [0.15, 0.2) is 66.7 Å². The molecule has 178 valence electrons. The zero-order chi connectivity index (χ0) is 25.1. The molecule has 1 aromatic heterocycles. The van der Waals surface area contributed by atoms with Gasteiger partial charge in [-0.15, -0.1) is 0 Å². The van der Waals surface area contributed by atoms with Gasteiger partial charge in [-0.05, 0) is 55.0 Å². The summed E-state index contributed by atoms with van der Waals surface area (Å²) in [6.45, 7) is 1.87. The highest BCUT2D eigenvalue weighted by Gasteiger charge is 2.23. The highest BCUT2D eigenvalue weighted by atomic mass is 35.5. The summed E-state index contributed by atoms with van der Waals surface area (Å²) in [5.74, 6) is -2.06. The van der Waals surface area contributed by atoms with Gasteiger partial charge in [-0.1, -0.05) is 47.5 Å². The Kier molecular flexibility index (Phi) is 6.95. The molecule has 0 radical (unpaired) electrons. The minimum Gasteiger partial charge on any atom is -0.494 e. The Balaban J connectivity index is 1.68. The minimum absolute atomic E-state index is 0.0484. The normalized spacial score (nSPS) is 10.6. The van der Waals surface area contributed by atoms with Gasteiger partial charge < -0.3 is 15.4 Å². The van der Waals surface area contributed by atoms with E-state index in [9.17, 15) is 14.4 Å². The lowest BCUT2D eigenvalue weighted by Crippen LogP contribution is -2.36. The van der Waals surface area contributed by atoms with Gasteiger partial charge in [-0.3, -0.25) is 19.8 Å². The van der Waals surface area contributed by atoms with Crippen LogP contribution in [-0.2, 0) is 9.59 Å². The van der Waals surface area contributed by atoms with Crippen LogP contribution in [0.3, 0.4) is 0 Å². The number of carbonyl (C=O) groups excluding carboxylic acids is 3. The average Bonchev–Trinajstić information content (AvgIpc) is 3.19. The van der Waals surface area contributed by atoms with E-state index in [4.69, 9.17) is 27.9 Å². The first kappa shape index (κ1) is 24.1. The molecule has 0 atom stereocenters. The summed E-state index contributed by atoms with van der Waals surface area (Å²) in [7, 11) is 1.46. The van der Waals surface area contributed by atoms with E-state index in [1.165, 1.54) is 17.9 Å². The minimum atomic E-state index is -0.978. The number of aryl methyl sites for hydroxylation is 1. The number of nitrogens with zero attached hydrogens (tertiary/aromatic N) is 1. The number of hydrogen-bond acceptors (Lipinski definition) is 4. The molecule has 0 aliphatic heterocycles. The third kappa shape index (κ3) is 5.24. The quantitative estimate of drug-likeness (QED) is 0.320. The van der Waals surface area contributed by atoms with Gasteiger partial charge >= 0.3 is 11.8 Å².